The number of hydrazone groups is 1. The molecule has 0 radical (unpaired) electrons. The molecule has 0 saturated heterocycles. The zero-order valence-corrected chi connectivity index (χ0v) is 22.9. The van der Waals surface area contributed by atoms with E-state index < -0.39 is 11.9 Å². The van der Waals surface area contributed by atoms with Crippen LogP contribution in [0.4, 0.5) is 5.69 Å². The average Bonchev–Trinajstić information content (AvgIpc) is 2.98. The zero-order chi connectivity index (χ0) is 28.3. The molecule has 0 aliphatic rings. The maximum atomic E-state index is 12.7. The molecule has 0 unspecified atom stereocenters. The third kappa shape index (κ3) is 7.99. The quantitative estimate of drug-likeness (QED) is 0.0798. The first-order chi connectivity index (χ1) is 19.4. The highest BCUT2D eigenvalue weighted by atomic mass is 79.9. The number of methoxy groups -OCH3 is 1. The van der Waals surface area contributed by atoms with Crippen molar-refractivity contribution in [2.24, 2.45) is 5.10 Å². The summed E-state index contributed by atoms with van der Waals surface area (Å²) in [7, 11) is 1.55. The lowest BCUT2D eigenvalue weighted by Crippen LogP contribution is -2.18. The van der Waals surface area contributed by atoms with Crippen molar-refractivity contribution in [1.82, 2.24) is 5.43 Å². The summed E-state index contributed by atoms with van der Waals surface area (Å²) in [5.74, 6) is -0.459. The van der Waals surface area contributed by atoms with Crippen molar-refractivity contribution >= 4 is 51.7 Å². The molecule has 0 fully saturated rings. The normalized spacial score (nSPS) is 10.8. The Morgan fingerprint density at radius 2 is 1.60 bits per heavy atom. The van der Waals surface area contributed by atoms with Crippen LogP contribution in [0.1, 0.15) is 31.8 Å². The number of hydrogen-bond donors (Lipinski definition) is 2. The van der Waals surface area contributed by atoms with Gasteiger partial charge in [-0.15, -0.1) is 0 Å². The third-order valence-electron chi connectivity index (χ3n) is 5.50. The Labute approximate surface area is 239 Å². The van der Waals surface area contributed by atoms with Gasteiger partial charge in [0.15, 0.2) is 0 Å². The van der Waals surface area contributed by atoms with Crippen molar-refractivity contribution in [3.05, 3.63) is 130 Å². The van der Waals surface area contributed by atoms with E-state index in [0.29, 0.717) is 22.6 Å². The van der Waals surface area contributed by atoms with E-state index in [4.69, 9.17) is 9.47 Å². The van der Waals surface area contributed by atoms with Crippen molar-refractivity contribution in [3.63, 3.8) is 0 Å². The standard InChI is InChI=1S/C31H24BrN3O5/c1-39-27-14-11-22(12-15-27)30(37)34-26-9-5-8-23(19-26)31(38)35-33-20-24-18-25(32)13-16-28(24)40-29(36)17-10-21-6-3-2-4-7-21/h2-20H,1H3,(H,34,37)(H,35,38)/b17-10+,33-20?. The molecule has 200 valence electrons. The summed E-state index contributed by atoms with van der Waals surface area (Å²) in [6.07, 6.45) is 4.37. The molecular formula is C31H24BrN3O5. The van der Waals surface area contributed by atoms with E-state index in [1.807, 2.05) is 30.3 Å². The molecule has 0 aliphatic carbocycles. The van der Waals surface area contributed by atoms with Crippen LogP contribution in [-0.4, -0.2) is 31.1 Å². The number of halogens is 1. The Balaban J connectivity index is 1.39. The molecule has 0 saturated carbocycles. The van der Waals surface area contributed by atoms with Gasteiger partial charge in [0.2, 0.25) is 0 Å². The lowest BCUT2D eigenvalue weighted by atomic mass is 10.1. The second-order valence-electron chi connectivity index (χ2n) is 8.31. The van der Waals surface area contributed by atoms with Gasteiger partial charge in [-0.05, 0) is 72.3 Å². The predicted molar refractivity (Wildman–Crippen MR) is 158 cm³/mol. The molecule has 0 atom stereocenters. The Morgan fingerprint density at radius 1 is 0.825 bits per heavy atom. The molecule has 2 N–H and O–H groups in total. The Bertz CT molecular complexity index is 1570. The molecular weight excluding hydrogens is 574 g/mol. The molecule has 0 aliphatic heterocycles. The lowest BCUT2D eigenvalue weighted by molar-refractivity contribution is -0.128. The first-order valence-electron chi connectivity index (χ1n) is 12.0. The fourth-order valence-electron chi connectivity index (χ4n) is 3.49. The van der Waals surface area contributed by atoms with Crippen molar-refractivity contribution < 1.29 is 23.9 Å². The summed E-state index contributed by atoms with van der Waals surface area (Å²) in [5, 5.41) is 6.79. The van der Waals surface area contributed by atoms with E-state index in [9.17, 15) is 14.4 Å². The minimum absolute atomic E-state index is 0.271. The van der Waals surface area contributed by atoms with Gasteiger partial charge in [0.05, 0.1) is 13.3 Å². The SMILES string of the molecule is COc1ccc(C(=O)Nc2cccc(C(=O)NN=Cc3cc(Br)ccc3OC(=O)/C=C/c3ccccc3)c2)cc1. The molecule has 4 rings (SSSR count). The molecule has 0 bridgehead atoms. The van der Waals surface area contributed by atoms with Gasteiger partial charge in [-0.1, -0.05) is 52.3 Å². The first-order valence-corrected chi connectivity index (χ1v) is 12.8. The summed E-state index contributed by atoms with van der Waals surface area (Å²) < 4.78 is 11.3. The van der Waals surface area contributed by atoms with Gasteiger partial charge in [-0.3, -0.25) is 9.59 Å². The highest BCUT2D eigenvalue weighted by molar-refractivity contribution is 9.10. The van der Waals surface area contributed by atoms with Gasteiger partial charge in [0, 0.05) is 32.9 Å². The predicted octanol–water partition coefficient (Wildman–Crippen LogP) is 6.09. The molecule has 4 aromatic carbocycles. The average molecular weight is 598 g/mol. The van der Waals surface area contributed by atoms with Crippen LogP contribution in [0.2, 0.25) is 0 Å². The van der Waals surface area contributed by atoms with Gasteiger partial charge < -0.3 is 14.8 Å². The maximum Gasteiger partial charge on any atom is 0.336 e. The molecule has 2 amide bonds. The maximum absolute atomic E-state index is 12.7. The molecule has 9 heteroatoms. The van der Waals surface area contributed by atoms with Crippen LogP contribution in [0.5, 0.6) is 11.5 Å². The minimum atomic E-state index is -0.557. The Kier molecular flexibility index (Phi) is 9.58. The molecule has 0 aromatic heterocycles. The van der Waals surface area contributed by atoms with Crippen molar-refractivity contribution in [2.75, 3.05) is 12.4 Å². The van der Waals surface area contributed by atoms with Gasteiger partial charge in [-0.25, -0.2) is 10.2 Å². The number of hydrogen-bond acceptors (Lipinski definition) is 6. The smallest absolute Gasteiger partial charge is 0.336 e. The second-order valence-corrected chi connectivity index (χ2v) is 9.23. The van der Waals surface area contributed by atoms with Crippen LogP contribution in [0.25, 0.3) is 6.08 Å². The van der Waals surface area contributed by atoms with Crippen molar-refractivity contribution in [3.8, 4) is 11.5 Å². The molecule has 8 nitrogen and oxygen atoms in total. The number of nitrogens with one attached hydrogen (secondary N) is 2. The molecule has 0 spiro atoms. The largest absolute Gasteiger partial charge is 0.497 e. The summed E-state index contributed by atoms with van der Waals surface area (Å²) in [6.45, 7) is 0. The van der Waals surface area contributed by atoms with Crippen LogP contribution in [0.15, 0.2) is 113 Å². The van der Waals surface area contributed by atoms with E-state index in [1.165, 1.54) is 18.4 Å². The highest BCUT2D eigenvalue weighted by Gasteiger charge is 2.11. The fraction of sp³-hybridized carbons (Fsp3) is 0.0323. The fourth-order valence-corrected chi connectivity index (χ4v) is 3.87. The summed E-state index contributed by atoms with van der Waals surface area (Å²) in [4.78, 5) is 37.6. The van der Waals surface area contributed by atoms with E-state index >= 15 is 0 Å². The zero-order valence-electron chi connectivity index (χ0n) is 21.3. The second kappa shape index (κ2) is 13.7. The number of amides is 2. The summed E-state index contributed by atoms with van der Waals surface area (Å²) >= 11 is 3.39. The van der Waals surface area contributed by atoms with Crippen LogP contribution in [-0.2, 0) is 4.79 Å². The number of ether oxygens (including phenoxy) is 2. The van der Waals surface area contributed by atoms with Gasteiger partial charge in [-0.2, -0.15) is 5.10 Å². The van der Waals surface area contributed by atoms with Crippen molar-refractivity contribution in [2.45, 2.75) is 0 Å². The van der Waals surface area contributed by atoms with Crippen LogP contribution in [0, 0.1) is 0 Å². The van der Waals surface area contributed by atoms with Gasteiger partial charge >= 0.3 is 5.97 Å². The lowest BCUT2D eigenvalue weighted by Gasteiger charge is -2.08. The summed E-state index contributed by atoms with van der Waals surface area (Å²) in [6, 6.07) is 27.6. The minimum Gasteiger partial charge on any atom is -0.497 e. The molecule has 4 aromatic rings. The number of rotatable bonds is 9. The monoisotopic (exact) mass is 597 g/mol. The first kappa shape index (κ1) is 28.0. The number of carbonyl (C=O) groups is 3. The van der Waals surface area contributed by atoms with Crippen LogP contribution >= 0.6 is 15.9 Å². The number of nitrogens with zero attached hydrogens (tertiary/aromatic N) is 1. The van der Waals surface area contributed by atoms with Gasteiger partial charge in [0.1, 0.15) is 11.5 Å². The van der Waals surface area contributed by atoms with Gasteiger partial charge in [0.25, 0.3) is 11.8 Å². The van der Waals surface area contributed by atoms with E-state index in [2.05, 4.69) is 31.8 Å². The number of esters is 1. The van der Waals surface area contributed by atoms with E-state index in [1.54, 1.807) is 73.8 Å². The van der Waals surface area contributed by atoms with E-state index in [-0.39, 0.29) is 17.2 Å². The molecule has 0 heterocycles. The Morgan fingerprint density at radius 3 is 2.35 bits per heavy atom. The van der Waals surface area contributed by atoms with Crippen LogP contribution in [0.3, 0.4) is 0 Å². The molecule has 40 heavy (non-hydrogen) atoms. The third-order valence-corrected chi connectivity index (χ3v) is 5.99. The topological polar surface area (TPSA) is 106 Å². The highest BCUT2D eigenvalue weighted by Crippen LogP contribution is 2.22. The number of carbonyl (C=O) groups excluding carboxylic acids is 3. The van der Waals surface area contributed by atoms with Crippen molar-refractivity contribution in [1.29, 1.82) is 0 Å². The van der Waals surface area contributed by atoms with E-state index in [0.717, 1.165) is 10.0 Å². The number of benzene rings is 4. The summed E-state index contributed by atoms with van der Waals surface area (Å²) in [5.41, 5.74) is 4.97. The Hall–Kier alpha value is -5.02. The number of anilines is 1. The van der Waals surface area contributed by atoms with Crippen LogP contribution < -0.4 is 20.2 Å².